The number of hydrogen-bond donors (Lipinski definition) is 2. The molecule has 0 radical (unpaired) electrons. The van der Waals surface area contributed by atoms with Crippen molar-refractivity contribution in [2.75, 3.05) is 10.0 Å². The first-order valence-corrected chi connectivity index (χ1v) is 13.8. The van der Waals surface area contributed by atoms with Gasteiger partial charge in [0.05, 0.1) is 29.1 Å². The van der Waals surface area contributed by atoms with Crippen molar-refractivity contribution in [1.82, 2.24) is 0 Å². The number of amides is 1. The first-order valence-electron chi connectivity index (χ1n) is 13.8. The van der Waals surface area contributed by atoms with Gasteiger partial charge >= 0.3 is 0 Å². The van der Waals surface area contributed by atoms with Gasteiger partial charge < -0.3 is 10.2 Å². The van der Waals surface area contributed by atoms with Gasteiger partial charge in [0.1, 0.15) is 5.92 Å². The number of hydrogen-bond acceptors (Lipinski definition) is 7. The minimum atomic E-state index is -0.810. The van der Waals surface area contributed by atoms with Gasteiger partial charge in [-0.15, -0.1) is 0 Å². The van der Waals surface area contributed by atoms with Gasteiger partial charge in [-0.3, -0.25) is 9.59 Å². The third-order valence-corrected chi connectivity index (χ3v) is 6.73. The summed E-state index contributed by atoms with van der Waals surface area (Å²) in [5.74, 6) is -1.37. The molecule has 9 heteroatoms. The van der Waals surface area contributed by atoms with Gasteiger partial charge in [-0.25, -0.2) is 5.01 Å². The second-order valence-corrected chi connectivity index (χ2v) is 13.1. The number of Topliss-reactive ketones (excluding diaryl/α,β-unsaturated/α-hetero) is 1. The van der Waals surface area contributed by atoms with E-state index in [1.807, 2.05) is 88.4 Å². The van der Waals surface area contributed by atoms with Gasteiger partial charge in [0.2, 0.25) is 0 Å². The van der Waals surface area contributed by atoms with E-state index < -0.39 is 18.2 Å². The summed E-state index contributed by atoms with van der Waals surface area (Å²) >= 11 is 0. The van der Waals surface area contributed by atoms with Gasteiger partial charge in [-0.1, -0.05) is 77.9 Å². The van der Waals surface area contributed by atoms with Crippen molar-refractivity contribution < 1.29 is 59.7 Å². The molecule has 2 aliphatic rings. The van der Waals surface area contributed by atoms with Crippen LogP contribution in [0.5, 0.6) is 0 Å². The van der Waals surface area contributed by atoms with E-state index >= 15 is 0 Å². The molecule has 0 bridgehead atoms. The van der Waals surface area contributed by atoms with E-state index in [9.17, 15) is 19.8 Å². The van der Waals surface area contributed by atoms with Gasteiger partial charge in [-0.2, -0.15) is 15.2 Å². The van der Waals surface area contributed by atoms with Crippen LogP contribution in [0.15, 0.2) is 70.9 Å². The topological polar surface area (TPSA) is 106 Å². The van der Waals surface area contributed by atoms with Crippen LogP contribution in [0.2, 0.25) is 0 Å². The van der Waals surface area contributed by atoms with Crippen LogP contribution in [0.4, 0.5) is 11.4 Å². The van der Waals surface area contributed by atoms with E-state index in [0.29, 0.717) is 24.2 Å². The molecule has 8 nitrogen and oxygen atoms in total. The molecule has 4 atom stereocenters. The van der Waals surface area contributed by atoms with E-state index in [2.05, 4.69) is 31.0 Å². The summed E-state index contributed by atoms with van der Waals surface area (Å²) in [6.45, 7) is 15.8. The minimum absolute atomic E-state index is 0. The summed E-state index contributed by atoms with van der Waals surface area (Å²) in [7, 11) is 0. The summed E-state index contributed by atoms with van der Waals surface area (Å²) in [4.78, 5) is 24.8. The molecule has 2 aliphatic heterocycles. The van der Waals surface area contributed by atoms with Crippen LogP contribution in [0.3, 0.4) is 0 Å². The van der Waals surface area contributed by atoms with Crippen molar-refractivity contribution in [1.29, 1.82) is 0 Å². The maximum atomic E-state index is 12.4. The van der Waals surface area contributed by atoms with E-state index in [1.165, 1.54) is 5.01 Å². The smallest absolute Gasteiger partial charge is 0.263 e. The number of para-hydroxylation sites is 2. The molecule has 4 rings (SSSR count). The Hall–Kier alpha value is -2.04. The van der Waals surface area contributed by atoms with Crippen molar-refractivity contribution in [2.45, 2.75) is 80.6 Å². The summed E-state index contributed by atoms with van der Waals surface area (Å²) in [6, 6.07) is 18.7. The number of ketones is 1. The summed E-state index contributed by atoms with van der Waals surface area (Å²) in [5.41, 5.74) is 2.77. The fourth-order valence-electron chi connectivity index (χ4n) is 5.00. The van der Waals surface area contributed by atoms with Crippen LogP contribution in [-0.4, -0.2) is 45.7 Å². The first-order chi connectivity index (χ1) is 18.6. The van der Waals surface area contributed by atoms with Gasteiger partial charge in [0.25, 0.3) is 5.91 Å². The molecule has 0 fully saturated rings. The van der Waals surface area contributed by atoms with Gasteiger partial charge in [-0.05, 0) is 55.4 Å². The normalized spacial score (nSPS) is 21.4. The second kappa shape index (κ2) is 14.4. The van der Waals surface area contributed by atoms with Crippen LogP contribution >= 0.6 is 0 Å². The molecule has 0 saturated heterocycles. The zero-order chi connectivity index (χ0) is 29.8. The molecule has 0 spiro atoms. The Balaban J connectivity index is 0.000000280. The fraction of sp³-hybridized carbons (Fsp3) is 0.500. The third kappa shape index (κ3) is 9.48. The third-order valence-electron chi connectivity index (χ3n) is 6.73. The van der Waals surface area contributed by atoms with Crippen LogP contribution < -0.4 is 10.0 Å². The fourth-order valence-corrected chi connectivity index (χ4v) is 5.00. The largest absolute Gasteiger partial charge is 0.392 e. The number of aliphatic hydroxyl groups excluding tert-OH is 2. The predicted octanol–water partition coefficient (Wildman–Crippen LogP) is 5.64. The Labute approximate surface area is 276 Å². The van der Waals surface area contributed by atoms with Crippen molar-refractivity contribution >= 4 is 34.5 Å². The van der Waals surface area contributed by atoms with Gasteiger partial charge in [0.15, 0.2) is 12.0 Å². The molecule has 0 aromatic heterocycles. The Morgan fingerprint density at radius 2 is 1.37 bits per heavy atom. The van der Waals surface area contributed by atoms with Crippen molar-refractivity contribution in [2.24, 2.45) is 32.9 Å². The van der Waals surface area contributed by atoms with Crippen molar-refractivity contribution in [3.63, 3.8) is 0 Å². The zero-order valence-corrected chi connectivity index (χ0v) is 29.6. The Morgan fingerprint density at radius 3 is 1.85 bits per heavy atom. The van der Waals surface area contributed by atoms with Crippen molar-refractivity contribution in [3.05, 3.63) is 60.7 Å². The zero-order valence-electron chi connectivity index (χ0n) is 25.5. The minimum Gasteiger partial charge on any atom is -0.392 e. The maximum Gasteiger partial charge on any atom is 0.263 e. The van der Waals surface area contributed by atoms with Crippen LogP contribution in [0.1, 0.15) is 68.2 Å². The quantitative estimate of drug-likeness (QED) is 0.370. The number of benzene rings is 2. The first kappa shape index (κ1) is 35.2. The molecule has 2 aromatic carbocycles. The Morgan fingerprint density at radius 1 is 0.854 bits per heavy atom. The average molecular weight is 781 g/mol. The number of carbonyl (C=O) groups excluding carboxylic acids is 2. The molecule has 0 aliphatic carbocycles. The van der Waals surface area contributed by atoms with Gasteiger partial charge in [0, 0.05) is 52.1 Å². The summed E-state index contributed by atoms with van der Waals surface area (Å²) in [5, 5.41) is 32.5. The molecule has 0 saturated carbocycles. The van der Waals surface area contributed by atoms with E-state index in [0.717, 1.165) is 11.4 Å². The molecule has 2 aromatic rings. The number of nitrogens with zero attached hydrogens (tertiary/aromatic N) is 4. The van der Waals surface area contributed by atoms with E-state index in [-0.39, 0.29) is 68.4 Å². The molecule has 1 amide bonds. The van der Waals surface area contributed by atoms with Crippen LogP contribution in [0.25, 0.3) is 0 Å². The van der Waals surface area contributed by atoms with Crippen LogP contribution in [0, 0.1) is 62.6 Å². The molecule has 41 heavy (non-hydrogen) atoms. The number of carbonyl (C=O) groups is 2. The number of aliphatic hydroxyl groups is 2. The molecule has 4 unspecified atom stereocenters. The molecule has 2 heterocycles. The number of rotatable bonds is 6. The SMILES string of the molecule is CC1=NN(c2ccccc2)C(=O)C1C(=O)CC(C)(C)C.CC1=NN(c2ccccc2)C(O)C1C(O)CC(C)(C)C.[Th]. The standard InChI is InChI=1S/C16H24N2O2.C16H20N2O2.Th/c2*1-11-14(13(19)10-16(2,3)4)15(20)18(17-11)12-8-6-5-7-9-12;/h5-9,13-15,19-20H,10H2,1-4H3;5-9,14H,10H2,1-4H3;. The monoisotopic (exact) mass is 780 g/mol. The van der Waals surface area contributed by atoms with E-state index in [4.69, 9.17) is 0 Å². The summed E-state index contributed by atoms with van der Waals surface area (Å²) in [6.07, 6.45) is -0.402. The second-order valence-electron chi connectivity index (χ2n) is 13.1. The molecular weight excluding hydrogens is 736 g/mol. The van der Waals surface area contributed by atoms with E-state index in [1.54, 1.807) is 11.9 Å². The maximum absolute atomic E-state index is 12.4. The average Bonchev–Trinajstić information content (AvgIpc) is 3.32. The summed E-state index contributed by atoms with van der Waals surface area (Å²) < 4.78 is 0. The molecule has 220 valence electrons. The Kier molecular flexibility index (Phi) is 12.4. The predicted molar refractivity (Wildman–Crippen MR) is 161 cm³/mol. The van der Waals surface area contributed by atoms with Crippen molar-refractivity contribution in [3.8, 4) is 0 Å². The number of hydrazone groups is 2. The molecular formula is C32H44N4O4Th. The van der Waals surface area contributed by atoms with Crippen LogP contribution in [-0.2, 0) is 9.59 Å². The Bertz CT molecular complexity index is 1240. The molecule has 2 N–H and O–H groups in total. The number of anilines is 2.